The molecule has 0 bridgehead atoms. The van der Waals surface area contributed by atoms with Crippen LogP contribution in [0.4, 0.5) is 0 Å². The molecule has 0 spiro atoms. The summed E-state index contributed by atoms with van der Waals surface area (Å²) in [6.07, 6.45) is 2.64. The molecule has 1 saturated heterocycles. The molecule has 0 saturated carbocycles. The third kappa shape index (κ3) is 1.63. The Hall–Kier alpha value is -0.660. The monoisotopic (exact) mass is 127 g/mol. The van der Waals surface area contributed by atoms with Gasteiger partial charge in [-0.3, -0.25) is 0 Å². The maximum atomic E-state index is 9.72. The molecule has 0 N–H and O–H groups in total. The Kier molecular flexibility index (Phi) is 1.98. The van der Waals surface area contributed by atoms with Gasteiger partial charge in [-0.15, -0.1) is 0 Å². The van der Waals surface area contributed by atoms with E-state index in [0.29, 0.717) is 6.61 Å². The fraction of sp³-hybridized carbons (Fsp3) is 0.833. The second kappa shape index (κ2) is 2.76. The number of rotatable bonds is 1. The fourth-order valence-corrected chi connectivity index (χ4v) is 0.959. The van der Waals surface area contributed by atoms with Crippen LogP contribution in [-0.2, 0) is 9.53 Å². The zero-order valence-electron chi connectivity index (χ0n) is 5.33. The Morgan fingerprint density at radius 1 is 1.78 bits per heavy atom. The van der Waals surface area contributed by atoms with Crippen LogP contribution in [0.25, 0.3) is 0 Å². The van der Waals surface area contributed by atoms with Gasteiger partial charge in [0.25, 0.3) is 0 Å². The molecule has 50 valence electrons. The molecule has 0 aromatic carbocycles. The molecule has 0 aromatic heterocycles. The minimum atomic E-state index is 0.0671. The second-order valence-corrected chi connectivity index (χ2v) is 2.25. The van der Waals surface area contributed by atoms with Crippen LogP contribution in [0, 0.1) is 0 Å². The van der Waals surface area contributed by atoms with E-state index in [1.54, 1.807) is 0 Å². The zero-order valence-corrected chi connectivity index (χ0v) is 5.33. The van der Waals surface area contributed by atoms with Gasteiger partial charge in [0.1, 0.15) is 0 Å². The van der Waals surface area contributed by atoms with Gasteiger partial charge in [-0.05, 0) is 13.3 Å². The van der Waals surface area contributed by atoms with Crippen LogP contribution >= 0.6 is 0 Å². The van der Waals surface area contributed by atoms with Crippen molar-refractivity contribution < 1.29 is 9.53 Å². The molecule has 1 aliphatic heterocycles. The molecule has 2 unspecified atom stereocenters. The Labute approximate surface area is 53.7 Å². The van der Waals surface area contributed by atoms with Crippen molar-refractivity contribution in [2.45, 2.75) is 25.5 Å². The van der Waals surface area contributed by atoms with E-state index in [1.807, 2.05) is 6.92 Å². The highest BCUT2D eigenvalue weighted by Gasteiger charge is 2.20. The lowest BCUT2D eigenvalue weighted by Crippen LogP contribution is -2.01. The third-order valence-electron chi connectivity index (χ3n) is 1.41. The Balaban J connectivity index is 2.38. The predicted molar refractivity (Wildman–Crippen MR) is 31.9 cm³/mol. The van der Waals surface area contributed by atoms with E-state index in [-0.39, 0.29) is 12.1 Å². The summed E-state index contributed by atoms with van der Waals surface area (Å²) in [5, 5.41) is 0. The normalized spacial score (nSPS) is 33.9. The maximum Gasteiger partial charge on any atom is 0.235 e. The van der Waals surface area contributed by atoms with Gasteiger partial charge in [0, 0.05) is 0 Å². The van der Waals surface area contributed by atoms with E-state index >= 15 is 0 Å². The molecule has 1 aliphatic rings. The van der Waals surface area contributed by atoms with Gasteiger partial charge in [-0.25, -0.2) is 9.79 Å². The maximum absolute atomic E-state index is 9.72. The van der Waals surface area contributed by atoms with Gasteiger partial charge in [-0.2, -0.15) is 0 Å². The van der Waals surface area contributed by atoms with Crippen molar-refractivity contribution in [3.63, 3.8) is 0 Å². The molecule has 1 fully saturated rings. The van der Waals surface area contributed by atoms with E-state index in [0.717, 1.165) is 6.42 Å². The van der Waals surface area contributed by atoms with Crippen LogP contribution in [0.15, 0.2) is 4.99 Å². The summed E-state index contributed by atoms with van der Waals surface area (Å²) in [5.41, 5.74) is 0. The van der Waals surface area contributed by atoms with Crippen molar-refractivity contribution >= 4 is 6.08 Å². The molecule has 0 radical (unpaired) electrons. The Morgan fingerprint density at radius 2 is 2.56 bits per heavy atom. The molecule has 0 amide bonds. The third-order valence-corrected chi connectivity index (χ3v) is 1.41. The number of hydrogen-bond acceptors (Lipinski definition) is 3. The molecule has 3 heteroatoms. The number of hydrogen-bond donors (Lipinski definition) is 0. The molecular formula is C6H9NO2. The first kappa shape index (κ1) is 6.46. The topological polar surface area (TPSA) is 38.7 Å². The Morgan fingerprint density at radius 3 is 3.00 bits per heavy atom. The molecule has 2 atom stereocenters. The minimum Gasteiger partial charge on any atom is -0.376 e. The summed E-state index contributed by atoms with van der Waals surface area (Å²) in [4.78, 5) is 13.3. The predicted octanol–water partition coefficient (Wildman–Crippen LogP) is 0.500. The lowest BCUT2D eigenvalue weighted by Gasteiger charge is -1.94. The molecule has 1 heterocycles. The molecular weight excluding hydrogens is 118 g/mol. The van der Waals surface area contributed by atoms with Gasteiger partial charge >= 0.3 is 0 Å². The smallest absolute Gasteiger partial charge is 0.235 e. The van der Waals surface area contributed by atoms with Crippen molar-refractivity contribution in [2.75, 3.05) is 6.61 Å². The van der Waals surface area contributed by atoms with Gasteiger partial charge in [0.05, 0.1) is 18.8 Å². The zero-order chi connectivity index (χ0) is 6.69. The van der Waals surface area contributed by atoms with Crippen molar-refractivity contribution in [1.29, 1.82) is 0 Å². The summed E-state index contributed by atoms with van der Waals surface area (Å²) < 4.78 is 5.15. The largest absolute Gasteiger partial charge is 0.376 e. The quantitative estimate of drug-likeness (QED) is 0.380. The number of nitrogens with zero attached hydrogens (tertiary/aromatic N) is 1. The summed E-state index contributed by atoms with van der Waals surface area (Å²) >= 11 is 0. The van der Waals surface area contributed by atoms with Crippen LogP contribution in [0.1, 0.15) is 13.3 Å². The van der Waals surface area contributed by atoms with Crippen LogP contribution < -0.4 is 0 Å². The van der Waals surface area contributed by atoms with Gasteiger partial charge in [0.15, 0.2) is 0 Å². The fourth-order valence-electron chi connectivity index (χ4n) is 0.959. The molecule has 0 aliphatic carbocycles. The number of isocyanates is 1. The highest BCUT2D eigenvalue weighted by molar-refractivity contribution is 5.33. The average Bonchev–Trinajstić information content (AvgIpc) is 2.17. The summed E-state index contributed by atoms with van der Waals surface area (Å²) in [5.74, 6) is 0. The minimum absolute atomic E-state index is 0.0671. The van der Waals surface area contributed by atoms with Crippen molar-refractivity contribution in [3.8, 4) is 0 Å². The highest BCUT2D eigenvalue weighted by atomic mass is 16.5. The van der Waals surface area contributed by atoms with E-state index in [1.165, 1.54) is 6.08 Å². The van der Waals surface area contributed by atoms with Crippen LogP contribution in [0.3, 0.4) is 0 Å². The molecule has 3 nitrogen and oxygen atoms in total. The standard InChI is InChI=1S/C6H9NO2/c1-5-2-6(3-9-5)7-4-8/h5-6H,2-3H2,1H3. The lowest BCUT2D eigenvalue weighted by atomic mass is 10.2. The van der Waals surface area contributed by atoms with Crippen molar-refractivity contribution in [3.05, 3.63) is 0 Å². The molecule has 1 rings (SSSR count). The highest BCUT2D eigenvalue weighted by Crippen LogP contribution is 2.14. The van der Waals surface area contributed by atoms with E-state index in [4.69, 9.17) is 4.74 Å². The summed E-state index contributed by atoms with van der Waals surface area (Å²) in [6, 6.07) is 0.0671. The van der Waals surface area contributed by atoms with Crippen LogP contribution in [0.5, 0.6) is 0 Å². The number of carbonyl (C=O) groups excluding carboxylic acids is 1. The summed E-state index contributed by atoms with van der Waals surface area (Å²) in [7, 11) is 0. The van der Waals surface area contributed by atoms with Crippen molar-refractivity contribution in [1.82, 2.24) is 0 Å². The average molecular weight is 127 g/mol. The van der Waals surface area contributed by atoms with E-state index in [2.05, 4.69) is 4.99 Å². The Bertz CT molecular complexity index is 140. The number of ether oxygens (including phenoxy) is 1. The van der Waals surface area contributed by atoms with Gasteiger partial charge in [0.2, 0.25) is 6.08 Å². The van der Waals surface area contributed by atoms with E-state index in [9.17, 15) is 4.79 Å². The van der Waals surface area contributed by atoms with Crippen molar-refractivity contribution in [2.24, 2.45) is 4.99 Å². The van der Waals surface area contributed by atoms with Crippen LogP contribution in [0.2, 0.25) is 0 Å². The first-order valence-corrected chi connectivity index (χ1v) is 3.01. The molecule has 0 aromatic rings. The first-order valence-electron chi connectivity index (χ1n) is 3.01. The summed E-state index contributed by atoms with van der Waals surface area (Å²) in [6.45, 7) is 2.55. The lowest BCUT2D eigenvalue weighted by molar-refractivity contribution is 0.124. The SMILES string of the molecule is CC1CC(N=C=O)CO1. The van der Waals surface area contributed by atoms with Gasteiger partial charge in [-0.1, -0.05) is 0 Å². The first-order chi connectivity index (χ1) is 4.33. The van der Waals surface area contributed by atoms with E-state index < -0.39 is 0 Å². The van der Waals surface area contributed by atoms with Gasteiger partial charge < -0.3 is 4.74 Å². The molecule has 9 heavy (non-hydrogen) atoms. The second-order valence-electron chi connectivity index (χ2n) is 2.25. The van der Waals surface area contributed by atoms with Crippen LogP contribution in [-0.4, -0.2) is 24.8 Å². The number of aliphatic imine (C=N–C) groups is 1.